The molecule has 5 heteroatoms. The molecule has 1 aromatic rings. The first-order valence-electron chi connectivity index (χ1n) is 6.29. The molecule has 1 aliphatic heterocycles. The van der Waals surface area contributed by atoms with Crippen LogP contribution in [0.5, 0.6) is 0 Å². The Hall–Kier alpha value is -1.49. The number of hydrogen-bond acceptors (Lipinski definition) is 5. The zero-order chi connectivity index (χ0) is 13.1. The maximum Gasteiger partial charge on any atom is 0.357 e. The average molecular weight is 249 g/mol. The summed E-state index contributed by atoms with van der Waals surface area (Å²) in [7, 11) is 1.38. The van der Waals surface area contributed by atoms with Crippen LogP contribution in [-0.4, -0.2) is 29.6 Å². The number of nitrogens with one attached hydrogen (secondary N) is 1. The maximum absolute atomic E-state index is 11.8. The van der Waals surface area contributed by atoms with E-state index >= 15 is 0 Å². The summed E-state index contributed by atoms with van der Waals surface area (Å²) in [6, 6.07) is 0. The lowest BCUT2D eigenvalue weighted by molar-refractivity contribution is 0.0591. The van der Waals surface area contributed by atoms with E-state index in [1.54, 1.807) is 0 Å². The summed E-state index contributed by atoms with van der Waals surface area (Å²) in [6.45, 7) is 5.76. The second-order valence-electron chi connectivity index (χ2n) is 4.93. The van der Waals surface area contributed by atoms with E-state index in [0.717, 1.165) is 36.5 Å². The van der Waals surface area contributed by atoms with Crippen molar-refractivity contribution in [3.8, 4) is 0 Å². The van der Waals surface area contributed by atoms with E-state index in [4.69, 9.17) is 4.74 Å². The van der Waals surface area contributed by atoms with Crippen molar-refractivity contribution in [1.82, 2.24) is 15.3 Å². The summed E-state index contributed by atoms with van der Waals surface area (Å²) in [5.74, 6) is 0.837. The molecule has 0 saturated carbocycles. The van der Waals surface area contributed by atoms with E-state index < -0.39 is 0 Å². The fraction of sp³-hybridized carbons (Fsp3) is 0.615. The minimum absolute atomic E-state index is 0.373. The van der Waals surface area contributed by atoms with E-state index in [1.807, 2.05) is 0 Å². The van der Waals surface area contributed by atoms with Crippen LogP contribution in [0.4, 0.5) is 0 Å². The second kappa shape index (κ2) is 5.44. The van der Waals surface area contributed by atoms with Crippen LogP contribution < -0.4 is 5.32 Å². The Bertz CT molecular complexity index is 458. The van der Waals surface area contributed by atoms with Crippen LogP contribution in [0.15, 0.2) is 0 Å². The third-order valence-corrected chi connectivity index (χ3v) is 2.95. The molecular formula is C13H19N3O2. The number of esters is 1. The second-order valence-corrected chi connectivity index (χ2v) is 4.93. The summed E-state index contributed by atoms with van der Waals surface area (Å²) >= 11 is 0. The highest BCUT2D eigenvalue weighted by Gasteiger charge is 2.22. The van der Waals surface area contributed by atoms with Crippen molar-refractivity contribution >= 4 is 5.97 Å². The minimum Gasteiger partial charge on any atom is -0.464 e. The maximum atomic E-state index is 11.8. The standard InChI is InChI=1S/C13H19N3O2/c1-8(2)6-11-15-10-4-5-14-7-9(10)12(16-11)13(17)18-3/h8,14H,4-7H2,1-3H3. The van der Waals surface area contributed by atoms with Gasteiger partial charge in [-0.1, -0.05) is 13.8 Å². The number of carbonyl (C=O) groups is 1. The summed E-state index contributed by atoms with van der Waals surface area (Å²) in [4.78, 5) is 20.7. The summed E-state index contributed by atoms with van der Waals surface area (Å²) in [5.41, 5.74) is 2.30. The van der Waals surface area contributed by atoms with E-state index in [-0.39, 0.29) is 5.97 Å². The monoisotopic (exact) mass is 249 g/mol. The molecule has 0 bridgehead atoms. The number of aromatic nitrogens is 2. The summed E-state index contributed by atoms with van der Waals surface area (Å²) in [5, 5.41) is 3.23. The molecule has 1 aliphatic rings. The van der Waals surface area contributed by atoms with Gasteiger partial charge in [0.2, 0.25) is 0 Å². The van der Waals surface area contributed by atoms with Gasteiger partial charge in [-0.2, -0.15) is 0 Å². The first-order chi connectivity index (χ1) is 8.61. The predicted molar refractivity (Wildman–Crippen MR) is 67.3 cm³/mol. The lowest BCUT2D eigenvalue weighted by Gasteiger charge is -2.19. The number of nitrogens with zero attached hydrogens (tertiary/aromatic N) is 2. The summed E-state index contributed by atoms with van der Waals surface area (Å²) < 4.78 is 4.81. The predicted octanol–water partition coefficient (Wildman–Crippen LogP) is 1.11. The molecule has 98 valence electrons. The van der Waals surface area contributed by atoms with Crippen LogP contribution in [0.1, 0.15) is 41.4 Å². The quantitative estimate of drug-likeness (QED) is 0.813. The van der Waals surface area contributed by atoms with Gasteiger partial charge in [-0.3, -0.25) is 0 Å². The Balaban J connectivity index is 2.44. The largest absolute Gasteiger partial charge is 0.464 e. The van der Waals surface area contributed by atoms with Crippen molar-refractivity contribution in [3.05, 3.63) is 22.8 Å². The van der Waals surface area contributed by atoms with Gasteiger partial charge in [-0.15, -0.1) is 0 Å². The van der Waals surface area contributed by atoms with Crippen LogP contribution in [0, 0.1) is 5.92 Å². The molecule has 2 rings (SSSR count). The Labute approximate surface area is 107 Å². The van der Waals surface area contributed by atoms with E-state index in [2.05, 4.69) is 29.1 Å². The Morgan fingerprint density at radius 3 is 2.89 bits per heavy atom. The van der Waals surface area contributed by atoms with Crippen molar-refractivity contribution in [2.24, 2.45) is 5.92 Å². The SMILES string of the molecule is COC(=O)c1nc(CC(C)C)nc2c1CNCC2. The molecule has 0 spiro atoms. The third kappa shape index (κ3) is 2.67. The topological polar surface area (TPSA) is 64.1 Å². The van der Waals surface area contributed by atoms with Crippen molar-refractivity contribution in [2.45, 2.75) is 33.2 Å². The molecule has 0 atom stereocenters. The molecule has 1 N–H and O–H groups in total. The molecule has 0 unspecified atom stereocenters. The van der Waals surface area contributed by atoms with Crippen molar-refractivity contribution in [3.63, 3.8) is 0 Å². The fourth-order valence-corrected chi connectivity index (χ4v) is 2.12. The number of hydrogen-bond donors (Lipinski definition) is 1. The third-order valence-electron chi connectivity index (χ3n) is 2.95. The van der Waals surface area contributed by atoms with Crippen molar-refractivity contribution in [1.29, 1.82) is 0 Å². The Kier molecular flexibility index (Phi) is 3.91. The molecule has 0 fully saturated rings. The molecule has 2 heterocycles. The van der Waals surface area contributed by atoms with Gasteiger partial charge in [-0.05, 0) is 5.92 Å². The van der Waals surface area contributed by atoms with Gasteiger partial charge in [0, 0.05) is 31.5 Å². The number of carbonyl (C=O) groups excluding carboxylic acids is 1. The van der Waals surface area contributed by atoms with Gasteiger partial charge in [0.1, 0.15) is 5.82 Å². The van der Waals surface area contributed by atoms with E-state index in [0.29, 0.717) is 18.2 Å². The molecule has 0 aliphatic carbocycles. The lowest BCUT2D eigenvalue weighted by Crippen LogP contribution is -2.28. The number of ether oxygens (including phenoxy) is 1. The van der Waals surface area contributed by atoms with E-state index in [1.165, 1.54) is 7.11 Å². The van der Waals surface area contributed by atoms with Crippen LogP contribution >= 0.6 is 0 Å². The van der Waals surface area contributed by atoms with Crippen molar-refractivity contribution < 1.29 is 9.53 Å². The zero-order valence-corrected chi connectivity index (χ0v) is 11.1. The molecule has 1 aromatic heterocycles. The molecular weight excluding hydrogens is 230 g/mol. The van der Waals surface area contributed by atoms with Crippen LogP contribution in [0.25, 0.3) is 0 Å². The average Bonchev–Trinajstić information content (AvgIpc) is 2.36. The first-order valence-corrected chi connectivity index (χ1v) is 6.29. The van der Waals surface area contributed by atoms with Crippen LogP contribution in [0.2, 0.25) is 0 Å². The van der Waals surface area contributed by atoms with Gasteiger partial charge < -0.3 is 10.1 Å². The number of fused-ring (bicyclic) bond motifs is 1. The van der Waals surface area contributed by atoms with Crippen LogP contribution in [0.3, 0.4) is 0 Å². The molecule has 18 heavy (non-hydrogen) atoms. The first kappa shape index (κ1) is 13.0. The highest BCUT2D eigenvalue weighted by molar-refractivity contribution is 5.89. The van der Waals surface area contributed by atoms with Crippen molar-refractivity contribution in [2.75, 3.05) is 13.7 Å². The highest BCUT2D eigenvalue weighted by atomic mass is 16.5. The summed E-state index contributed by atoms with van der Waals surface area (Å²) in [6.07, 6.45) is 1.62. The highest BCUT2D eigenvalue weighted by Crippen LogP contribution is 2.17. The van der Waals surface area contributed by atoms with Gasteiger partial charge in [0.05, 0.1) is 12.8 Å². The molecule has 0 saturated heterocycles. The Morgan fingerprint density at radius 1 is 1.44 bits per heavy atom. The molecule has 0 aromatic carbocycles. The smallest absolute Gasteiger partial charge is 0.357 e. The fourth-order valence-electron chi connectivity index (χ4n) is 2.12. The Morgan fingerprint density at radius 2 is 2.22 bits per heavy atom. The lowest BCUT2D eigenvalue weighted by atomic mass is 10.0. The number of methoxy groups -OCH3 is 1. The van der Waals surface area contributed by atoms with Gasteiger partial charge in [0.15, 0.2) is 5.69 Å². The number of rotatable bonds is 3. The normalized spacial score (nSPS) is 14.4. The van der Waals surface area contributed by atoms with E-state index in [9.17, 15) is 4.79 Å². The van der Waals surface area contributed by atoms with Crippen LogP contribution in [-0.2, 0) is 24.1 Å². The molecule has 0 radical (unpaired) electrons. The minimum atomic E-state index is -0.373. The molecule has 5 nitrogen and oxygen atoms in total. The van der Waals surface area contributed by atoms with Gasteiger partial charge in [0.25, 0.3) is 0 Å². The zero-order valence-electron chi connectivity index (χ0n) is 11.1. The van der Waals surface area contributed by atoms with Gasteiger partial charge in [-0.25, -0.2) is 14.8 Å². The van der Waals surface area contributed by atoms with Gasteiger partial charge >= 0.3 is 5.97 Å². The molecule has 0 amide bonds.